The molecule has 1 saturated heterocycles. The number of aromatic nitrogens is 1. The maximum atomic E-state index is 13.1. The largest absolute Gasteiger partial charge is 0.439 e. The fourth-order valence-electron chi connectivity index (χ4n) is 3.71. The van der Waals surface area contributed by atoms with Crippen LogP contribution in [-0.2, 0) is 11.3 Å². The molecule has 7 heteroatoms. The van der Waals surface area contributed by atoms with E-state index in [4.69, 9.17) is 4.42 Å². The fraction of sp³-hybridized carbons (Fsp3) is 0.333. The highest BCUT2D eigenvalue weighted by atomic mass is 19.1. The Labute approximate surface area is 181 Å². The summed E-state index contributed by atoms with van der Waals surface area (Å²) in [7, 11) is 0. The van der Waals surface area contributed by atoms with Gasteiger partial charge in [-0.2, -0.15) is 0 Å². The minimum absolute atomic E-state index is 0.0128. The summed E-state index contributed by atoms with van der Waals surface area (Å²) in [6, 6.07) is 12.1. The van der Waals surface area contributed by atoms with Crippen LogP contribution in [0.4, 0.5) is 10.1 Å². The molecule has 1 N–H and O–H groups in total. The van der Waals surface area contributed by atoms with Crippen LogP contribution >= 0.6 is 0 Å². The first kappa shape index (κ1) is 21.2. The van der Waals surface area contributed by atoms with Crippen molar-refractivity contribution < 1.29 is 13.6 Å². The minimum Gasteiger partial charge on any atom is -0.439 e. The van der Waals surface area contributed by atoms with Crippen LogP contribution in [-0.4, -0.2) is 53.4 Å². The summed E-state index contributed by atoms with van der Waals surface area (Å²) in [4.78, 5) is 21.2. The fourth-order valence-corrected chi connectivity index (χ4v) is 3.71. The highest BCUT2D eigenvalue weighted by Gasteiger charge is 2.21. The van der Waals surface area contributed by atoms with Crippen molar-refractivity contribution in [2.75, 3.05) is 38.0 Å². The van der Waals surface area contributed by atoms with Gasteiger partial charge in [-0.3, -0.25) is 14.6 Å². The molecule has 31 heavy (non-hydrogen) atoms. The van der Waals surface area contributed by atoms with Gasteiger partial charge in [0.1, 0.15) is 5.82 Å². The van der Waals surface area contributed by atoms with Crippen molar-refractivity contribution in [3.63, 3.8) is 0 Å². The summed E-state index contributed by atoms with van der Waals surface area (Å²) in [5.41, 5.74) is 3.96. The number of aryl methyl sites for hydroxylation is 1. The van der Waals surface area contributed by atoms with Crippen molar-refractivity contribution in [1.82, 2.24) is 14.8 Å². The summed E-state index contributed by atoms with van der Waals surface area (Å²) in [6.45, 7) is 8.36. The molecular weight excluding hydrogens is 395 g/mol. The maximum Gasteiger partial charge on any atom is 0.238 e. The molecule has 4 rings (SSSR count). The second kappa shape index (κ2) is 9.41. The van der Waals surface area contributed by atoms with Gasteiger partial charge in [0, 0.05) is 37.4 Å². The van der Waals surface area contributed by atoms with Crippen molar-refractivity contribution >= 4 is 11.6 Å². The number of oxazole rings is 1. The number of rotatable bonds is 6. The van der Waals surface area contributed by atoms with Crippen LogP contribution in [0.15, 0.2) is 53.1 Å². The van der Waals surface area contributed by atoms with Gasteiger partial charge in [0.05, 0.1) is 19.3 Å². The number of carbonyl (C=O) groups excluding carboxylic acids is 1. The highest BCUT2D eigenvalue weighted by Crippen LogP contribution is 2.22. The van der Waals surface area contributed by atoms with Crippen LogP contribution in [0.1, 0.15) is 17.0 Å². The molecule has 2 heterocycles. The Morgan fingerprint density at radius 2 is 1.77 bits per heavy atom. The number of amides is 1. The zero-order valence-electron chi connectivity index (χ0n) is 17.9. The second-order valence-corrected chi connectivity index (χ2v) is 7.97. The molecule has 0 aliphatic carbocycles. The third-order valence-corrected chi connectivity index (χ3v) is 5.75. The summed E-state index contributed by atoms with van der Waals surface area (Å²) in [5.74, 6) is 1.01. The molecule has 1 amide bonds. The molecule has 6 nitrogen and oxygen atoms in total. The van der Waals surface area contributed by atoms with Crippen LogP contribution in [0.2, 0.25) is 0 Å². The Hall–Kier alpha value is -3.03. The van der Waals surface area contributed by atoms with Crippen molar-refractivity contribution in [3.05, 3.63) is 71.5 Å². The van der Waals surface area contributed by atoms with Crippen LogP contribution in [0.5, 0.6) is 0 Å². The zero-order valence-corrected chi connectivity index (χ0v) is 17.9. The first-order valence-electron chi connectivity index (χ1n) is 10.5. The minimum atomic E-state index is -0.274. The van der Waals surface area contributed by atoms with E-state index >= 15 is 0 Å². The van der Waals surface area contributed by atoms with E-state index < -0.39 is 0 Å². The van der Waals surface area contributed by atoms with Crippen LogP contribution < -0.4 is 5.32 Å². The summed E-state index contributed by atoms with van der Waals surface area (Å²) < 4.78 is 18.9. The lowest BCUT2D eigenvalue weighted by molar-refractivity contribution is -0.117. The maximum absolute atomic E-state index is 13.1. The molecular formula is C24H27FN4O2. The Morgan fingerprint density at radius 3 is 2.52 bits per heavy atom. The molecule has 162 valence electrons. The third-order valence-electron chi connectivity index (χ3n) is 5.75. The molecule has 0 radical (unpaired) electrons. The van der Waals surface area contributed by atoms with Gasteiger partial charge in [-0.1, -0.05) is 12.1 Å². The molecule has 0 bridgehead atoms. The Bertz CT molecular complexity index is 1040. The Morgan fingerprint density at radius 1 is 1.06 bits per heavy atom. The molecule has 1 fully saturated rings. The van der Waals surface area contributed by atoms with Crippen LogP contribution in [0, 0.1) is 19.7 Å². The van der Waals surface area contributed by atoms with Gasteiger partial charge in [-0.05, 0) is 55.3 Å². The topological polar surface area (TPSA) is 61.6 Å². The monoisotopic (exact) mass is 422 g/mol. The predicted octanol–water partition coefficient (Wildman–Crippen LogP) is 3.85. The van der Waals surface area contributed by atoms with Gasteiger partial charge in [0.25, 0.3) is 0 Å². The molecule has 0 unspecified atom stereocenters. The van der Waals surface area contributed by atoms with Crippen LogP contribution in [0.25, 0.3) is 11.3 Å². The van der Waals surface area contributed by atoms with E-state index in [1.807, 2.05) is 32.0 Å². The van der Waals surface area contributed by atoms with E-state index in [2.05, 4.69) is 20.1 Å². The molecule has 0 atom stereocenters. The number of hydrogen-bond donors (Lipinski definition) is 1. The number of nitrogens with zero attached hydrogens (tertiary/aromatic N) is 3. The lowest BCUT2D eigenvalue weighted by Gasteiger charge is -2.33. The number of nitrogens with one attached hydrogen (secondary N) is 1. The predicted molar refractivity (Wildman–Crippen MR) is 118 cm³/mol. The van der Waals surface area contributed by atoms with Gasteiger partial charge in [-0.15, -0.1) is 0 Å². The van der Waals surface area contributed by atoms with E-state index in [0.717, 1.165) is 43.0 Å². The summed E-state index contributed by atoms with van der Waals surface area (Å²) >= 11 is 0. The number of halogens is 1. The average molecular weight is 423 g/mol. The van der Waals surface area contributed by atoms with E-state index in [-0.39, 0.29) is 11.7 Å². The van der Waals surface area contributed by atoms with E-state index in [0.29, 0.717) is 24.7 Å². The zero-order chi connectivity index (χ0) is 21.8. The third kappa shape index (κ3) is 5.37. The number of benzene rings is 2. The number of piperazine rings is 1. The second-order valence-electron chi connectivity index (χ2n) is 7.97. The SMILES string of the molecule is Cc1cccc(NC(=O)CN2CCN(Cc3ncc(-c4ccc(F)cc4)o3)CC2)c1C. The number of hydrogen-bond acceptors (Lipinski definition) is 5. The lowest BCUT2D eigenvalue weighted by atomic mass is 10.1. The van der Waals surface area contributed by atoms with Gasteiger partial charge >= 0.3 is 0 Å². The molecule has 3 aromatic rings. The molecule has 0 saturated carbocycles. The molecule has 0 spiro atoms. The highest BCUT2D eigenvalue weighted by molar-refractivity contribution is 5.93. The van der Waals surface area contributed by atoms with Crippen LogP contribution in [0.3, 0.4) is 0 Å². The molecule has 2 aromatic carbocycles. The van der Waals surface area contributed by atoms with Gasteiger partial charge in [0.2, 0.25) is 11.8 Å². The standard InChI is InChI=1S/C24H27FN4O2/c1-17-4-3-5-21(18(17)2)27-23(30)15-28-10-12-29(13-11-28)16-24-26-14-22(31-24)19-6-8-20(25)9-7-19/h3-9,14H,10-13,15-16H2,1-2H3,(H,27,30). The van der Waals surface area contributed by atoms with E-state index in [9.17, 15) is 9.18 Å². The first-order chi connectivity index (χ1) is 15.0. The van der Waals surface area contributed by atoms with Gasteiger partial charge < -0.3 is 9.73 Å². The molecule has 1 aromatic heterocycles. The van der Waals surface area contributed by atoms with Crippen molar-refractivity contribution in [1.29, 1.82) is 0 Å². The number of anilines is 1. The number of carbonyl (C=O) groups is 1. The lowest BCUT2D eigenvalue weighted by Crippen LogP contribution is -2.48. The molecule has 1 aliphatic rings. The van der Waals surface area contributed by atoms with E-state index in [1.165, 1.54) is 17.7 Å². The summed E-state index contributed by atoms with van der Waals surface area (Å²) in [6.07, 6.45) is 1.68. The van der Waals surface area contributed by atoms with E-state index in [1.54, 1.807) is 18.3 Å². The normalized spacial score (nSPS) is 15.2. The Kier molecular flexibility index (Phi) is 6.44. The van der Waals surface area contributed by atoms with Crippen molar-refractivity contribution in [2.45, 2.75) is 20.4 Å². The van der Waals surface area contributed by atoms with Gasteiger partial charge in [-0.25, -0.2) is 9.37 Å². The van der Waals surface area contributed by atoms with Crippen molar-refractivity contribution in [3.8, 4) is 11.3 Å². The quantitative estimate of drug-likeness (QED) is 0.654. The van der Waals surface area contributed by atoms with Gasteiger partial charge in [0.15, 0.2) is 5.76 Å². The summed E-state index contributed by atoms with van der Waals surface area (Å²) in [5, 5.41) is 3.03. The Balaban J connectivity index is 1.25. The smallest absolute Gasteiger partial charge is 0.238 e. The first-order valence-corrected chi connectivity index (χ1v) is 10.5. The van der Waals surface area contributed by atoms with Crippen molar-refractivity contribution in [2.24, 2.45) is 0 Å². The average Bonchev–Trinajstić information content (AvgIpc) is 3.22. The molecule has 1 aliphatic heterocycles.